The van der Waals surface area contributed by atoms with Gasteiger partial charge in [0.25, 0.3) is 11.8 Å². The van der Waals surface area contributed by atoms with Crippen molar-refractivity contribution in [3.8, 4) is 0 Å². The topological polar surface area (TPSA) is 47.1 Å². The van der Waals surface area contributed by atoms with Gasteiger partial charge >= 0.3 is 0 Å². The van der Waals surface area contributed by atoms with Crippen molar-refractivity contribution < 1.29 is 9.59 Å². The van der Waals surface area contributed by atoms with Crippen LogP contribution in [0.3, 0.4) is 0 Å². The molecule has 1 saturated heterocycles. The average molecular weight is 423 g/mol. The van der Waals surface area contributed by atoms with Crippen LogP contribution in [-0.2, 0) is 0 Å². The summed E-state index contributed by atoms with van der Waals surface area (Å²) in [6, 6.07) is 15.5. The first kappa shape index (κ1) is 22.7. The lowest BCUT2D eigenvalue weighted by molar-refractivity contribution is 0.0414. The summed E-state index contributed by atoms with van der Waals surface area (Å²) in [6.07, 6.45) is 0. The molecule has 0 aromatic heterocycles. The molecule has 0 aliphatic carbocycles. The lowest BCUT2D eigenvalue weighted by atomic mass is 10.1. The van der Waals surface area contributed by atoms with E-state index in [4.69, 9.17) is 0 Å². The molecule has 0 unspecified atom stereocenters. The van der Waals surface area contributed by atoms with Gasteiger partial charge in [0.2, 0.25) is 0 Å². The summed E-state index contributed by atoms with van der Waals surface area (Å²) in [6.45, 7) is 9.66. The van der Waals surface area contributed by atoms with Crippen molar-refractivity contribution in [3.63, 3.8) is 0 Å². The fourth-order valence-electron chi connectivity index (χ4n) is 3.87. The van der Waals surface area contributed by atoms with E-state index in [1.807, 2.05) is 79.3 Å². The van der Waals surface area contributed by atoms with Crippen LogP contribution >= 0.6 is 0 Å². The van der Waals surface area contributed by atoms with Gasteiger partial charge in [0.1, 0.15) is 0 Å². The third-order valence-corrected chi connectivity index (χ3v) is 6.23. The quantitative estimate of drug-likeness (QED) is 0.714. The van der Waals surface area contributed by atoms with Crippen LogP contribution in [0.4, 0.5) is 11.4 Å². The Morgan fingerprint density at radius 2 is 1.26 bits per heavy atom. The summed E-state index contributed by atoms with van der Waals surface area (Å²) in [5.41, 5.74) is 3.57. The van der Waals surface area contributed by atoms with Crippen LogP contribution in [0.1, 0.15) is 41.5 Å². The molecular formula is C25H34N4O2. The number of anilines is 2. The minimum atomic E-state index is -0.0336. The highest BCUT2D eigenvalue weighted by molar-refractivity contribution is 5.96. The average Bonchev–Trinajstić information content (AvgIpc) is 2.82. The summed E-state index contributed by atoms with van der Waals surface area (Å²) < 4.78 is 0. The highest BCUT2D eigenvalue weighted by Gasteiger charge is 2.30. The summed E-state index contributed by atoms with van der Waals surface area (Å²) in [5.74, 6) is 0.0499. The Labute approximate surface area is 186 Å². The van der Waals surface area contributed by atoms with Gasteiger partial charge in [-0.3, -0.25) is 9.59 Å². The van der Waals surface area contributed by atoms with Gasteiger partial charge in [-0.25, -0.2) is 0 Å². The molecule has 2 amide bonds. The second kappa shape index (κ2) is 9.86. The molecule has 1 fully saturated rings. The van der Waals surface area contributed by atoms with Gasteiger partial charge in [0.05, 0.1) is 0 Å². The molecular weight excluding hydrogens is 388 g/mol. The molecule has 31 heavy (non-hydrogen) atoms. The molecule has 166 valence electrons. The number of carbonyl (C=O) groups excluding carboxylic acids is 2. The number of hydrogen-bond donors (Lipinski definition) is 0. The Balaban J connectivity index is 1.63. The number of amides is 2. The van der Waals surface area contributed by atoms with E-state index in [0.717, 1.165) is 24.5 Å². The molecule has 2 aromatic carbocycles. The van der Waals surface area contributed by atoms with Gasteiger partial charge in [-0.1, -0.05) is 0 Å². The van der Waals surface area contributed by atoms with Crippen molar-refractivity contribution in [2.45, 2.75) is 26.8 Å². The van der Waals surface area contributed by atoms with E-state index in [-0.39, 0.29) is 17.9 Å². The summed E-state index contributed by atoms with van der Waals surface area (Å²) in [7, 11) is 4.06. The molecule has 1 atom stereocenters. The van der Waals surface area contributed by atoms with E-state index >= 15 is 0 Å². The van der Waals surface area contributed by atoms with Crippen molar-refractivity contribution in [1.29, 1.82) is 0 Å². The minimum absolute atomic E-state index is 0.0246. The Bertz CT molecular complexity index is 895. The molecule has 3 rings (SSSR count). The maximum absolute atomic E-state index is 13.0. The zero-order valence-corrected chi connectivity index (χ0v) is 19.3. The summed E-state index contributed by atoms with van der Waals surface area (Å²) in [5, 5.41) is 0. The monoisotopic (exact) mass is 422 g/mol. The van der Waals surface area contributed by atoms with Crippen LogP contribution in [0.15, 0.2) is 48.5 Å². The van der Waals surface area contributed by atoms with E-state index < -0.39 is 0 Å². The smallest absolute Gasteiger partial charge is 0.254 e. The van der Waals surface area contributed by atoms with Crippen molar-refractivity contribution in [3.05, 3.63) is 59.7 Å². The van der Waals surface area contributed by atoms with E-state index in [2.05, 4.69) is 23.6 Å². The highest BCUT2D eigenvalue weighted by Crippen LogP contribution is 2.20. The number of benzene rings is 2. The van der Waals surface area contributed by atoms with Crippen molar-refractivity contribution in [2.24, 2.45) is 0 Å². The number of piperazine rings is 1. The van der Waals surface area contributed by atoms with Crippen LogP contribution in [0.2, 0.25) is 0 Å². The van der Waals surface area contributed by atoms with Crippen molar-refractivity contribution >= 4 is 23.2 Å². The third-order valence-electron chi connectivity index (χ3n) is 6.23. The maximum Gasteiger partial charge on any atom is 0.254 e. The second-order valence-corrected chi connectivity index (χ2v) is 8.22. The number of carbonyl (C=O) groups is 2. The van der Waals surface area contributed by atoms with E-state index in [1.165, 1.54) is 0 Å². The first-order chi connectivity index (χ1) is 14.8. The Kier molecular flexibility index (Phi) is 7.21. The fraction of sp³-hybridized carbons (Fsp3) is 0.440. The molecule has 6 heteroatoms. The summed E-state index contributed by atoms with van der Waals surface area (Å²) >= 11 is 0. The van der Waals surface area contributed by atoms with Crippen LogP contribution in [0.25, 0.3) is 0 Å². The number of nitrogens with zero attached hydrogens (tertiary/aromatic N) is 4. The standard InChI is InChI=1S/C25H34N4O2/c1-6-26(4)22-12-8-20(9-13-22)24(30)28-16-17-29(19(3)18-28)25(31)21-10-14-23(15-11-21)27(5)7-2/h8-15,19H,6-7,16-18H2,1-5H3/t19-/m0/s1. The number of rotatable bonds is 6. The lowest BCUT2D eigenvalue weighted by Gasteiger charge is -2.40. The van der Waals surface area contributed by atoms with Crippen LogP contribution in [-0.4, -0.2) is 74.5 Å². The predicted octanol–water partition coefficient (Wildman–Crippen LogP) is 3.59. The molecule has 0 bridgehead atoms. The molecule has 0 saturated carbocycles. The SMILES string of the molecule is CCN(C)c1ccc(C(=O)N2CCN(C(=O)c3ccc(N(C)CC)cc3)[C@@H](C)C2)cc1. The van der Waals surface area contributed by atoms with Crippen LogP contribution < -0.4 is 9.80 Å². The first-order valence-electron chi connectivity index (χ1n) is 11.1. The first-order valence-corrected chi connectivity index (χ1v) is 11.1. The second-order valence-electron chi connectivity index (χ2n) is 8.22. The normalized spacial score (nSPS) is 16.2. The Hall–Kier alpha value is -3.02. The molecule has 1 heterocycles. The molecule has 0 N–H and O–H groups in total. The third kappa shape index (κ3) is 5.01. The van der Waals surface area contributed by atoms with Gasteiger partial charge < -0.3 is 19.6 Å². The summed E-state index contributed by atoms with van der Waals surface area (Å²) in [4.78, 5) is 34.0. The van der Waals surface area contributed by atoms with Gasteiger partial charge in [0, 0.05) is 75.4 Å². The van der Waals surface area contributed by atoms with Gasteiger partial charge in [0.15, 0.2) is 0 Å². The minimum Gasteiger partial charge on any atom is -0.375 e. The van der Waals surface area contributed by atoms with Gasteiger partial charge in [-0.2, -0.15) is 0 Å². The van der Waals surface area contributed by atoms with Gasteiger partial charge in [-0.15, -0.1) is 0 Å². The molecule has 0 radical (unpaired) electrons. The molecule has 0 spiro atoms. The molecule has 6 nitrogen and oxygen atoms in total. The van der Waals surface area contributed by atoms with Crippen LogP contribution in [0.5, 0.6) is 0 Å². The molecule has 1 aliphatic rings. The largest absolute Gasteiger partial charge is 0.375 e. The lowest BCUT2D eigenvalue weighted by Crippen LogP contribution is -2.55. The number of hydrogen-bond acceptors (Lipinski definition) is 4. The van der Waals surface area contributed by atoms with Crippen LogP contribution in [0, 0.1) is 0 Å². The zero-order valence-electron chi connectivity index (χ0n) is 19.3. The Morgan fingerprint density at radius 1 is 0.806 bits per heavy atom. The molecule has 1 aliphatic heterocycles. The van der Waals surface area contributed by atoms with Crippen molar-refractivity contribution in [2.75, 3.05) is 56.6 Å². The van der Waals surface area contributed by atoms with E-state index in [1.54, 1.807) is 0 Å². The van der Waals surface area contributed by atoms with E-state index in [9.17, 15) is 9.59 Å². The van der Waals surface area contributed by atoms with E-state index in [0.29, 0.717) is 30.8 Å². The van der Waals surface area contributed by atoms with Crippen molar-refractivity contribution in [1.82, 2.24) is 9.80 Å². The van der Waals surface area contributed by atoms with Gasteiger partial charge in [-0.05, 0) is 69.3 Å². The fourth-order valence-corrected chi connectivity index (χ4v) is 3.87. The highest BCUT2D eigenvalue weighted by atomic mass is 16.2. The Morgan fingerprint density at radius 3 is 1.68 bits per heavy atom. The maximum atomic E-state index is 13.0. The predicted molar refractivity (Wildman–Crippen MR) is 127 cm³/mol. The molecule has 2 aromatic rings. The zero-order chi connectivity index (χ0) is 22.5.